The van der Waals surface area contributed by atoms with E-state index in [0.717, 1.165) is 0 Å². The number of aryl methyl sites for hydroxylation is 1. The molecule has 2 aromatic heterocycles. The molecular formula is C10H10N5O2+. The van der Waals surface area contributed by atoms with Crippen LogP contribution in [0.3, 0.4) is 0 Å². The summed E-state index contributed by atoms with van der Waals surface area (Å²) < 4.78 is 8.46. The van der Waals surface area contributed by atoms with E-state index < -0.39 is 5.97 Å². The molecule has 0 unspecified atom stereocenters. The molecule has 3 N–H and O–H groups in total. The van der Waals surface area contributed by atoms with Gasteiger partial charge in [-0.1, -0.05) is 4.98 Å². The zero-order chi connectivity index (χ0) is 13.1. The average Bonchev–Trinajstić information content (AvgIpc) is 2.38. The fraction of sp³-hybridized carbons (Fsp3) is 0.100. The van der Waals surface area contributed by atoms with Gasteiger partial charge in [0.15, 0.2) is 1.41 Å². The molecule has 0 bridgehead atoms. The number of pyridine rings is 1. The lowest BCUT2D eigenvalue weighted by molar-refractivity contribution is -0.603. The molecule has 0 amide bonds. The first kappa shape index (κ1) is 9.64. The maximum atomic E-state index is 10.9. The number of carbonyl (C=O) groups is 1. The highest BCUT2D eigenvalue weighted by Crippen LogP contribution is 1.99. The second kappa shape index (κ2) is 4.12. The Balaban J connectivity index is 2.51. The van der Waals surface area contributed by atoms with E-state index in [2.05, 4.69) is 20.7 Å². The minimum atomic E-state index is -1.03. The number of anilines is 1. The molecule has 0 atom stereocenters. The largest absolute Gasteiger partial charge is 0.478 e. The summed E-state index contributed by atoms with van der Waals surface area (Å²) in [5.41, 5.74) is 2.19. The zero-order valence-corrected chi connectivity index (χ0v) is 8.95. The molecule has 86 valence electrons. The topological polar surface area (TPSA) is 106 Å². The van der Waals surface area contributed by atoms with Crippen LogP contribution in [0.5, 0.6) is 0 Å². The van der Waals surface area contributed by atoms with E-state index >= 15 is 0 Å². The fourth-order valence-corrected chi connectivity index (χ4v) is 1.31. The molecular weight excluding hydrogens is 222 g/mol. The Morgan fingerprint density at radius 3 is 3.06 bits per heavy atom. The molecule has 0 saturated carbocycles. The van der Waals surface area contributed by atoms with E-state index in [0.29, 0.717) is 5.82 Å². The molecule has 0 aliphatic rings. The van der Waals surface area contributed by atoms with Crippen LogP contribution in [0, 0.1) is 6.92 Å². The second-order valence-electron chi connectivity index (χ2n) is 3.31. The monoisotopic (exact) mass is 233 g/mol. The van der Waals surface area contributed by atoms with Gasteiger partial charge in [0.2, 0.25) is 5.82 Å². The van der Waals surface area contributed by atoms with Crippen LogP contribution in [0.4, 0.5) is 5.95 Å². The summed E-state index contributed by atoms with van der Waals surface area (Å²) in [6.07, 6.45) is 3.01. The summed E-state index contributed by atoms with van der Waals surface area (Å²) in [6, 6.07) is 3.05. The Hall–Kier alpha value is -2.57. The van der Waals surface area contributed by atoms with E-state index in [1.807, 2.05) is 0 Å². The molecule has 2 rings (SSSR count). The lowest BCUT2D eigenvalue weighted by Gasteiger charge is -1.98. The fourth-order valence-electron chi connectivity index (χ4n) is 1.31. The first-order valence-corrected chi connectivity index (χ1v) is 4.75. The minimum Gasteiger partial charge on any atom is -0.478 e. The van der Waals surface area contributed by atoms with Crippen LogP contribution in [0.2, 0.25) is 1.41 Å². The van der Waals surface area contributed by atoms with Gasteiger partial charge in [0.05, 0.1) is 18.0 Å². The molecule has 0 fully saturated rings. The molecule has 0 aliphatic carbocycles. The van der Waals surface area contributed by atoms with Crippen LogP contribution < -0.4 is 10.3 Å². The van der Waals surface area contributed by atoms with Gasteiger partial charge >= 0.3 is 17.9 Å². The first-order valence-electron chi connectivity index (χ1n) is 5.25. The van der Waals surface area contributed by atoms with Crippen molar-refractivity contribution < 1.29 is 15.9 Å². The average molecular weight is 233 g/mol. The van der Waals surface area contributed by atoms with E-state index in [1.165, 1.54) is 16.8 Å². The predicted molar refractivity (Wildman–Crippen MR) is 57.5 cm³/mol. The summed E-state index contributed by atoms with van der Waals surface area (Å²) in [6.45, 7) is 1.66. The van der Waals surface area contributed by atoms with Crippen molar-refractivity contribution in [1.29, 1.82) is 0 Å². The van der Waals surface area contributed by atoms with Gasteiger partial charge in [0.25, 0.3) is 0 Å². The molecule has 0 spiro atoms. The highest BCUT2D eigenvalue weighted by molar-refractivity contribution is 5.86. The third-order valence-corrected chi connectivity index (χ3v) is 2.01. The number of nitrogen functional groups attached to an aromatic ring is 1. The zero-order valence-electron chi connectivity index (χ0n) is 9.95. The van der Waals surface area contributed by atoms with Crippen LogP contribution in [-0.2, 0) is 0 Å². The van der Waals surface area contributed by atoms with Crippen LogP contribution in [0.1, 0.15) is 16.2 Å². The second-order valence-corrected chi connectivity index (χ2v) is 3.31. The third-order valence-electron chi connectivity index (χ3n) is 2.01. The molecule has 0 aromatic carbocycles. The summed E-state index contributed by atoms with van der Waals surface area (Å²) >= 11 is 0. The van der Waals surface area contributed by atoms with Gasteiger partial charge in [0.1, 0.15) is 0 Å². The third kappa shape index (κ3) is 2.33. The smallest absolute Gasteiger partial charge is 0.442 e. The van der Waals surface area contributed by atoms with Gasteiger partial charge in [0, 0.05) is 6.92 Å². The van der Waals surface area contributed by atoms with E-state index in [4.69, 9.17) is 6.52 Å². The van der Waals surface area contributed by atoms with Crippen molar-refractivity contribution in [1.82, 2.24) is 15.0 Å². The molecule has 7 heteroatoms. The van der Waals surface area contributed by atoms with E-state index in [-0.39, 0.29) is 17.5 Å². The first-order chi connectivity index (χ1) is 8.60. The molecule has 2 aromatic rings. The van der Waals surface area contributed by atoms with Gasteiger partial charge in [-0.3, -0.25) is 0 Å². The predicted octanol–water partition coefficient (Wildman–Crippen LogP) is -0.263. The van der Waals surface area contributed by atoms with Crippen molar-refractivity contribution in [3.63, 3.8) is 0 Å². The Morgan fingerprint density at radius 1 is 1.53 bits per heavy atom. The molecule has 7 nitrogen and oxygen atoms in total. The van der Waals surface area contributed by atoms with Crippen molar-refractivity contribution in [2.24, 2.45) is 0 Å². The number of hydrogen-bond donors (Lipinski definition) is 2. The van der Waals surface area contributed by atoms with Crippen LogP contribution in [0.15, 0.2) is 24.5 Å². The number of carboxylic acid groups (broad SMARTS) is 1. The SMILES string of the molecule is [2H]Nc1nc(C)nc(-[n+]2cccc(C(=O)O)c2)n1. The summed E-state index contributed by atoms with van der Waals surface area (Å²) in [7, 11) is 0. The molecule has 17 heavy (non-hydrogen) atoms. The lowest BCUT2D eigenvalue weighted by Crippen LogP contribution is -2.34. The molecule has 2 heterocycles. The lowest BCUT2D eigenvalue weighted by atomic mass is 10.3. The summed E-state index contributed by atoms with van der Waals surface area (Å²) in [5.74, 6) is -0.247. The summed E-state index contributed by atoms with van der Waals surface area (Å²) in [5, 5.41) is 8.90. The number of hydrogen-bond acceptors (Lipinski definition) is 5. The van der Waals surface area contributed by atoms with Gasteiger partial charge in [-0.15, -0.1) is 0 Å². The number of aromatic nitrogens is 4. The minimum absolute atomic E-state index is 0.103. The van der Waals surface area contributed by atoms with Gasteiger partial charge in [-0.05, 0) is 17.1 Å². The number of aromatic carboxylic acids is 1. The number of nitrogens with two attached hydrogens (primary N) is 1. The number of carboxylic acids is 1. The maximum Gasteiger partial charge on any atom is 0.442 e. The maximum absolute atomic E-state index is 10.9. The number of rotatable bonds is 3. The standard InChI is InChI=1S/C10H9N5O2/c1-6-12-9(11)14-10(13-6)15-4-2-3-7(5-15)8(16)17/h2-5H,1H3,(H2-,11,12,13,14,16,17)/p+1/i/hD. The van der Waals surface area contributed by atoms with Gasteiger partial charge < -0.3 is 10.8 Å². The van der Waals surface area contributed by atoms with Gasteiger partial charge in [-0.2, -0.15) is 4.98 Å². The Kier molecular flexibility index (Phi) is 2.34. The quantitative estimate of drug-likeness (QED) is 0.707. The molecule has 0 saturated heterocycles. The van der Waals surface area contributed by atoms with Crippen molar-refractivity contribution in [2.45, 2.75) is 6.92 Å². The van der Waals surface area contributed by atoms with Crippen molar-refractivity contribution in [3.8, 4) is 5.95 Å². The van der Waals surface area contributed by atoms with Crippen LogP contribution >= 0.6 is 0 Å². The Labute approximate surface area is 98.1 Å². The van der Waals surface area contributed by atoms with Crippen LogP contribution in [0.25, 0.3) is 5.95 Å². The van der Waals surface area contributed by atoms with Crippen molar-refractivity contribution in [3.05, 3.63) is 35.9 Å². The molecule has 0 aliphatic heterocycles. The van der Waals surface area contributed by atoms with E-state index in [1.54, 1.807) is 19.2 Å². The highest BCUT2D eigenvalue weighted by Gasteiger charge is 2.15. The Bertz CT molecular complexity index is 605. The normalized spacial score (nSPS) is 10.8. The van der Waals surface area contributed by atoms with Crippen molar-refractivity contribution in [2.75, 3.05) is 5.73 Å². The number of nitrogens with zero attached hydrogens (tertiary/aromatic N) is 4. The Morgan fingerprint density at radius 2 is 2.35 bits per heavy atom. The highest BCUT2D eigenvalue weighted by atomic mass is 16.4. The summed E-state index contributed by atoms with van der Waals surface area (Å²) in [4.78, 5) is 22.8. The van der Waals surface area contributed by atoms with Gasteiger partial charge in [-0.25, -0.2) is 9.36 Å². The van der Waals surface area contributed by atoms with E-state index in [9.17, 15) is 4.79 Å². The van der Waals surface area contributed by atoms with Crippen LogP contribution in [-0.4, -0.2) is 26.0 Å². The van der Waals surface area contributed by atoms with Crippen molar-refractivity contribution >= 4 is 11.9 Å². The molecule has 0 radical (unpaired) electrons.